The van der Waals surface area contributed by atoms with Crippen LogP contribution >= 0.6 is 0 Å². The molecule has 0 aliphatic carbocycles. The lowest BCUT2D eigenvalue weighted by Crippen LogP contribution is -2.29. The fourth-order valence-corrected chi connectivity index (χ4v) is 1.02. The Bertz CT molecular complexity index is 209. The third-order valence-corrected chi connectivity index (χ3v) is 1.71. The standard InChI is InChI=1S/C9H13NO2/c1-10-9(12-11)7-8-5-3-2-4-6-8/h2-6,9-11H,7H2,1H3. The lowest BCUT2D eigenvalue weighted by atomic mass is 10.1. The molecule has 0 saturated heterocycles. The van der Waals surface area contributed by atoms with Crippen molar-refractivity contribution in [2.24, 2.45) is 0 Å². The van der Waals surface area contributed by atoms with Gasteiger partial charge in [0, 0.05) is 6.42 Å². The molecule has 0 aliphatic heterocycles. The van der Waals surface area contributed by atoms with Gasteiger partial charge in [-0.3, -0.25) is 10.6 Å². The Morgan fingerprint density at radius 1 is 1.42 bits per heavy atom. The number of hydrogen-bond donors (Lipinski definition) is 2. The molecule has 3 nitrogen and oxygen atoms in total. The Labute approximate surface area is 71.9 Å². The summed E-state index contributed by atoms with van der Waals surface area (Å²) >= 11 is 0. The van der Waals surface area contributed by atoms with Gasteiger partial charge in [0.15, 0.2) is 0 Å². The van der Waals surface area contributed by atoms with Gasteiger partial charge in [0.2, 0.25) is 0 Å². The van der Waals surface area contributed by atoms with Crippen LogP contribution in [-0.4, -0.2) is 18.5 Å². The van der Waals surface area contributed by atoms with E-state index in [0.29, 0.717) is 6.42 Å². The van der Waals surface area contributed by atoms with Crippen LogP contribution in [-0.2, 0) is 11.3 Å². The van der Waals surface area contributed by atoms with Crippen LogP contribution in [0.25, 0.3) is 0 Å². The minimum atomic E-state index is -0.326. The van der Waals surface area contributed by atoms with E-state index in [0.717, 1.165) is 5.56 Å². The molecular formula is C9H13NO2. The van der Waals surface area contributed by atoms with E-state index in [9.17, 15) is 0 Å². The fourth-order valence-electron chi connectivity index (χ4n) is 1.02. The molecule has 1 unspecified atom stereocenters. The highest BCUT2D eigenvalue weighted by Gasteiger charge is 2.05. The zero-order valence-corrected chi connectivity index (χ0v) is 7.03. The highest BCUT2D eigenvalue weighted by atomic mass is 17.1. The number of benzene rings is 1. The van der Waals surface area contributed by atoms with Crippen LogP contribution in [0.4, 0.5) is 0 Å². The number of hydrogen-bond acceptors (Lipinski definition) is 3. The van der Waals surface area contributed by atoms with Crippen LogP contribution in [0.3, 0.4) is 0 Å². The lowest BCUT2D eigenvalue weighted by molar-refractivity contribution is -0.284. The van der Waals surface area contributed by atoms with E-state index in [1.54, 1.807) is 7.05 Å². The first-order chi connectivity index (χ1) is 5.86. The van der Waals surface area contributed by atoms with Gasteiger partial charge in [-0.25, -0.2) is 4.89 Å². The Balaban J connectivity index is 2.51. The summed E-state index contributed by atoms with van der Waals surface area (Å²) < 4.78 is 0. The topological polar surface area (TPSA) is 41.5 Å². The second-order valence-electron chi connectivity index (χ2n) is 2.57. The van der Waals surface area contributed by atoms with Gasteiger partial charge in [0.05, 0.1) is 0 Å². The van der Waals surface area contributed by atoms with Crippen molar-refractivity contribution < 1.29 is 10.1 Å². The summed E-state index contributed by atoms with van der Waals surface area (Å²) in [6.07, 6.45) is 0.334. The van der Waals surface area contributed by atoms with Crippen LogP contribution < -0.4 is 5.32 Å². The molecule has 0 spiro atoms. The van der Waals surface area contributed by atoms with Crippen molar-refractivity contribution in [3.05, 3.63) is 35.9 Å². The molecule has 1 atom stereocenters. The molecular weight excluding hydrogens is 154 g/mol. The van der Waals surface area contributed by atoms with E-state index in [-0.39, 0.29) is 6.23 Å². The SMILES string of the molecule is CNC(Cc1ccccc1)OO. The third-order valence-electron chi connectivity index (χ3n) is 1.71. The summed E-state index contributed by atoms with van der Waals surface area (Å²) in [4.78, 5) is 4.19. The number of likely N-dealkylation sites (N-methyl/N-ethyl adjacent to an activating group) is 1. The minimum absolute atomic E-state index is 0.326. The molecule has 0 radical (unpaired) electrons. The first-order valence-electron chi connectivity index (χ1n) is 3.88. The second kappa shape index (κ2) is 4.87. The first-order valence-corrected chi connectivity index (χ1v) is 3.88. The summed E-state index contributed by atoms with van der Waals surface area (Å²) in [6, 6.07) is 9.85. The van der Waals surface area contributed by atoms with E-state index in [2.05, 4.69) is 10.2 Å². The van der Waals surface area contributed by atoms with Crippen molar-refractivity contribution in [3.8, 4) is 0 Å². The Hall–Kier alpha value is -0.900. The zero-order chi connectivity index (χ0) is 8.81. The van der Waals surface area contributed by atoms with Crippen molar-refractivity contribution in [1.29, 1.82) is 0 Å². The highest BCUT2D eigenvalue weighted by molar-refractivity contribution is 5.15. The normalized spacial score (nSPS) is 12.8. The molecule has 0 amide bonds. The van der Waals surface area contributed by atoms with Crippen molar-refractivity contribution in [2.75, 3.05) is 7.05 Å². The van der Waals surface area contributed by atoms with Gasteiger partial charge >= 0.3 is 0 Å². The molecule has 12 heavy (non-hydrogen) atoms. The van der Waals surface area contributed by atoms with Crippen molar-refractivity contribution in [1.82, 2.24) is 5.32 Å². The van der Waals surface area contributed by atoms with Crippen LogP contribution in [0.5, 0.6) is 0 Å². The van der Waals surface area contributed by atoms with E-state index in [1.807, 2.05) is 30.3 Å². The molecule has 0 aromatic heterocycles. The molecule has 0 bridgehead atoms. The molecule has 1 rings (SSSR count). The van der Waals surface area contributed by atoms with E-state index < -0.39 is 0 Å². The van der Waals surface area contributed by atoms with Crippen molar-refractivity contribution in [2.45, 2.75) is 12.6 Å². The smallest absolute Gasteiger partial charge is 0.147 e. The van der Waals surface area contributed by atoms with E-state index >= 15 is 0 Å². The van der Waals surface area contributed by atoms with Gasteiger partial charge in [-0.1, -0.05) is 30.3 Å². The van der Waals surface area contributed by atoms with Gasteiger partial charge in [-0.15, -0.1) is 0 Å². The Morgan fingerprint density at radius 3 is 2.58 bits per heavy atom. The minimum Gasteiger partial charge on any atom is -0.292 e. The fraction of sp³-hybridized carbons (Fsp3) is 0.333. The van der Waals surface area contributed by atoms with Crippen LogP contribution in [0.1, 0.15) is 5.56 Å². The summed E-state index contributed by atoms with van der Waals surface area (Å²) in [6.45, 7) is 0. The molecule has 0 fully saturated rings. The number of nitrogens with one attached hydrogen (secondary N) is 1. The predicted octanol–water partition coefficient (Wildman–Crippen LogP) is 1.26. The van der Waals surface area contributed by atoms with Crippen LogP contribution in [0.2, 0.25) is 0 Å². The zero-order valence-electron chi connectivity index (χ0n) is 7.03. The molecule has 66 valence electrons. The average Bonchev–Trinajstić information content (AvgIpc) is 2.16. The number of rotatable bonds is 4. The van der Waals surface area contributed by atoms with Gasteiger partial charge < -0.3 is 0 Å². The first kappa shape index (κ1) is 9.19. The van der Waals surface area contributed by atoms with Crippen LogP contribution in [0.15, 0.2) is 30.3 Å². The summed E-state index contributed by atoms with van der Waals surface area (Å²) in [5, 5.41) is 11.3. The summed E-state index contributed by atoms with van der Waals surface area (Å²) in [5.41, 5.74) is 1.13. The van der Waals surface area contributed by atoms with Crippen molar-refractivity contribution >= 4 is 0 Å². The maximum Gasteiger partial charge on any atom is 0.147 e. The molecule has 3 heteroatoms. The van der Waals surface area contributed by atoms with E-state index in [4.69, 9.17) is 5.26 Å². The molecule has 0 aliphatic rings. The largest absolute Gasteiger partial charge is 0.292 e. The van der Waals surface area contributed by atoms with Gasteiger partial charge in [-0.05, 0) is 12.6 Å². The predicted molar refractivity (Wildman–Crippen MR) is 46.7 cm³/mol. The van der Waals surface area contributed by atoms with Gasteiger partial charge in [-0.2, -0.15) is 0 Å². The molecule has 0 heterocycles. The third kappa shape index (κ3) is 2.62. The maximum atomic E-state index is 8.42. The molecule has 0 saturated carbocycles. The second-order valence-corrected chi connectivity index (χ2v) is 2.57. The average molecular weight is 167 g/mol. The quantitative estimate of drug-likeness (QED) is 0.403. The summed E-state index contributed by atoms with van der Waals surface area (Å²) in [7, 11) is 1.74. The van der Waals surface area contributed by atoms with Gasteiger partial charge in [0.1, 0.15) is 6.23 Å². The maximum absolute atomic E-state index is 8.42. The van der Waals surface area contributed by atoms with E-state index in [1.165, 1.54) is 0 Å². The molecule has 1 aromatic carbocycles. The molecule has 2 N–H and O–H groups in total. The summed E-state index contributed by atoms with van der Waals surface area (Å²) in [5.74, 6) is 0. The monoisotopic (exact) mass is 167 g/mol. The Morgan fingerprint density at radius 2 is 2.08 bits per heavy atom. The van der Waals surface area contributed by atoms with Gasteiger partial charge in [0.25, 0.3) is 0 Å². The highest BCUT2D eigenvalue weighted by Crippen LogP contribution is 2.02. The molecule has 1 aromatic rings. The van der Waals surface area contributed by atoms with Crippen molar-refractivity contribution in [3.63, 3.8) is 0 Å². The lowest BCUT2D eigenvalue weighted by Gasteiger charge is -2.11. The Kier molecular flexibility index (Phi) is 3.73. The van der Waals surface area contributed by atoms with Crippen LogP contribution in [0, 0.1) is 0 Å².